The number of nitrogens with one attached hydrogen (secondary N) is 1. The van der Waals surface area contributed by atoms with Crippen LogP contribution in [-0.4, -0.2) is 48.4 Å². The second-order valence-electron chi connectivity index (χ2n) is 7.97. The molecule has 154 valence electrons. The number of carbonyl (C=O) groups excluding carboxylic acids is 1. The molecule has 4 rings (SSSR count). The van der Waals surface area contributed by atoms with Crippen molar-refractivity contribution in [1.29, 1.82) is 5.26 Å². The molecule has 0 spiro atoms. The van der Waals surface area contributed by atoms with Crippen LogP contribution in [0.3, 0.4) is 0 Å². The van der Waals surface area contributed by atoms with Gasteiger partial charge in [-0.2, -0.15) is 5.26 Å². The maximum absolute atomic E-state index is 12.6. The molecule has 1 saturated heterocycles. The van der Waals surface area contributed by atoms with Crippen molar-refractivity contribution in [2.75, 3.05) is 38.0 Å². The van der Waals surface area contributed by atoms with Gasteiger partial charge in [-0.1, -0.05) is 18.5 Å². The first-order valence-electron chi connectivity index (χ1n) is 10.0. The maximum Gasteiger partial charge on any atom is 0.239 e. The van der Waals surface area contributed by atoms with Gasteiger partial charge in [-0.25, -0.2) is 0 Å². The summed E-state index contributed by atoms with van der Waals surface area (Å²) in [4.78, 5) is 19.8. The van der Waals surface area contributed by atoms with Gasteiger partial charge in [0.2, 0.25) is 5.91 Å². The Balaban J connectivity index is 1.29. The first-order chi connectivity index (χ1) is 14.0. The average molecular weight is 449 g/mol. The van der Waals surface area contributed by atoms with E-state index in [-0.39, 0.29) is 5.91 Å². The predicted octanol–water partition coefficient (Wildman–Crippen LogP) is 4.22. The molecule has 3 heterocycles. The van der Waals surface area contributed by atoms with Crippen molar-refractivity contribution < 1.29 is 4.79 Å². The number of hydrogen-bond acceptors (Lipinski definition) is 6. The van der Waals surface area contributed by atoms with Gasteiger partial charge in [-0.05, 0) is 42.9 Å². The number of fused-ring (bicyclic) bond motifs is 1. The minimum atomic E-state index is -0.0216. The maximum atomic E-state index is 12.6. The van der Waals surface area contributed by atoms with E-state index in [1.54, 1.807) is 22.7 Å². The van der Waals surface area contributed by atoms with E-state index in [0.29, 0.717) is 18.0 Å². The third-order valence-electron chi connectivity index (χ3n) is 5.72. The van der Waals surface area contributed by atoms with Crippen LogP contribution in [0.1, 0.15) is 34.2 Å². The third kappa shape index (κ3) is 5.01. The molecule has 1 atom stereocenters. The van der Waals surface area contributed by atoms with Crippen molar-refractivity contribution in [2.24, 2.45) is 5.92 Å². The van der Waals surface area contributed by atoms with Gasteiger partial charge in [0.1, 0.15) is 11.1 Å². The Labute approximate surface area is 184 Å². The summed E-state index contributed by atoms with van der Waals surface area (Å²) >= 11 is 9.24. The molecule has 0 saturated carbocycles. The first-order valence-corrected chi connectivity index (χ1v) is 12.1. The molecule has 1 N–H and O–H groups in total. The van der Waals surface area contributed by atoms with Gasteiger partial charge >= 0.3 is 0 Å². The summed E-state index contributed by atoms with van der Waals surface area (Å²) in [6.45, 7) is 7.17. The number of nitrogens with zero attached hydrogens (tertiary/aromatic N) is 3. The number of thiophene rings is 2. The van der Waals surface area contributed by atoms with E-state index >= 15 is 0 Å². The number of nitriles is 1. The quantitative estimate of drug-likeness (QED) is 0.744. The molecule has 1 unspecified atom stereocenters. The normalized spacial score (nSPS) is 20.2. The molecule has 0 bridgehead atoms. The standard InChI is InChI=1S/C21H25ClN4OS2/c1-14-2-4-16-17(11-23)21(29-18(16)10-14)24-20(27)13-26-8-6-25(7-9-26)12-15-3-5-19(22)28-15/h3,5,14H,2,4,6-10,12-13H2,1H3,(H,24,27). The number of carbonyl (C=O) groups is 1. The monoisotopic (exact) mass is 448 g/mol. The van der Waals surface area contributed by atoms with Gasteiger partial charge in [-0.3, -0.25) is 14.6 Å². The van der Waals surface area contributed by atoms with Crippen molar-refractivity contribution in [1.82, 2.24) is 9.80 Å². The highest BCUT2D eigenvalue weighted by Crippen LogP contribution is 2.39. The molecule has 1 aliphatic heterocycles. The van der Waals surface area contributed by atoms with Crippen LogP contribution < -0.4 is 5.32 Å². The summed E-state index contributed by atoms with van der Waals surface area (Å²) < 4.78 is 0.830. The number of halogens is 1. The van der Waals surface area contributed by atoms with Gasteiger partial charge in [0.15, 0.2) is 0 Å². The van der Waals surface area contributed by atoms with E-state index in [9.17, 15) is 10.1 Å². The summed E-state index contributed by atoms with van der Waals surface area (Å²) in [5, 5.41) is 13.4. The second-order valence-corrected chi connectivity index (χ2v) is 10.9. The van der Waals surface area contributed by atoms with E-state index in [4.69, 9.17) is 11.6 Å². The molecule has 2 aliphatic rings. The van der Waals surface area contributed by atoms with Gasteiger partial charge in [0.05, 0.1) is 16.4 Å². The van der Waals surface area contributed by atoms with Gasteiger partial charge in [-0.15, -0.1) is 22.7 Å². The Hall–Kier alpha value is -1.43. The Morgan fingerprint density at radius 3 is 2.72 bits per heavy atom. The van der Waals surface area contributed by atoms with Crippen molar-refractivity contribution in [3.63, 3.8) is 0 Å². The zero-order valence-electron chi connectivity index (χ0n) is 16.5. The number of rotatable bonds is 5. The molecule has 2 aromatic rings. The summed E-state index contributed by atoms with van der Waals surface area (Å²) in [5.74, 6) is 0.629. The fourth-order valence-corrected chi connectivity index (χ4v) is 6.60. The topological polar surface area (TPSA) is 59.4 Å². The Morgan fingerprint density at radius 2 is 2.03 bits per heavy atom. The third-order valence-corrected chi connectivity index (χ3v) is 8.10. The molecular weight excluding hydrogens is 424 g/mol. The second kappa shape index (κ2) is 9.15. The number of piperazine rings is 1. The smallest absolute Gasteiger partial charge is 0.239 e. The molecule has 29 heavy (non-hydrogen) atoms. The Kier molecular flexibility index (Phi) is 6.57. The first kappa shape index (κ1) is 20.8. The lowest BCUT2D eigenvalue weighted by Crippen LogP contribution is -2.48. The SMILES string of the molecule is CC1CCc2c(sc(NC(=O)CN3CCN(Cc4ccc(Cl)s4)CC3)c2C#N)C1. The minimum Gasteiger partial charge on any atom is -0.315 e. The lowest BCUT2D eigenvalue weighted by atomic mass is 9.89. The molecule has 1 fully saturated rings. The Bertz CT molecular complexity index is 924. The molecule has 0 aromatic carbocycles. The minimum absolute atomic E-state index is 0.0216. The van der Waals surface area contributed by atoms with E-state index in [1.807, 2.05) is 6.07 Å². The van der Waals surface area contributed by atoms with E-state index in [0.717, 1.165) is 66.9 Å². The van der Waals surface area contributed by atoms with Crippen LogP contribution in [-0.2, 0) is 24.2 Å². The summed E-state index contributed by atoms with van der Waals surface area (Å²) in [6.07, 6.45) is 3.08. The molecule has 0 radical (unpaired) electrons. The fraction of sp³-hybridized carbons (Fsp3) is 0.524. The lowest BCUT2D eigenvalue weighted by Gasteiger charge is -2.33. The van der Waals surface area contributed by atoms with Crippen LogP contribution in [0, 0.1) is 17.2 Å². The average Bonchev–Trinajstić information content (AvgIpc) is 3.25. The highest BCUT2D eigenvalue weighted by Gasteiger charge is 2.25. The molecule has 2 aromatic heterocycles. The van der Waals surface area contributed by atoms with Crippen LogP contribution in [0.25, 0.3) is 0 Å². The van der Waals surface area contributed by atoms with E-state index in [2.05, 4.69) is 34.2 Å². The van der Waals surface area contributed by atoms with Gasteiger partial charge < -0.3 is 5.32 Å². The van der Waals surface area contributed by atoms with Crippen molar-refractivity contribution in [2.45, 2.75) is 32.7 Å². The molecule has 5 nitrogen and oxygen atoms in total. The molecule has 1 aliphatic carbocycles. The summed E-state index contributed by atoms with van der Waals surface area (Å²) in [7, 11) is 0. The number of anilines is 1. The van der Waals surface area contributed by atoms with Crippen LogP contribution in [0.15, 0.2) is 12.1 Å². The van der Waals surface area contributed by atoms with Gasteiger partial charge in [0, 0.05) is 42.5 Å². The molecular formula is C21H25ClN4OS2. The van der Waals surface area contributed by atoms with Crippen molar-refractivity contribution in [3.8, 4) is 6.07 Å². The van der Waals surface area contributed by atoms with Crippen LogP contribution in [0.5, 0.6) is 0 Å². The summed E-state index contributed by atoms with van der Waals surface area (Å²) in [6, 6.07) is 6.35. The van der Waals surface area contributed by atoms with Gasteiger partial charge in [0.25, 0.3) is 0 Å². The Morgan fingerprint density at radius 1 is 1.28 bits per heavy atom. The van der Waals surface area contributed by atoms with Crippen molar-refractivity contribution in [3.05, 3.63) is 37.4 Å². The van der Waals surface area contributed by atoms with E-state index in [1.165, 1.54) is 9.75 Å². The largest absolute Gasteiger partial charge is 0.315 e. The number of hydrogen-bond donors (Lipinski definition) is 1. The lowest BCUT2D eigenvalue weighted by molar-refractivity contribution is -0.117. The van der Waals surface area contributed by atoms with Crippen LogP contribution in [0.4, 0.5) is 5.00 Å². The van der Waals surface area contributed by atoms with E-state index < -0.39 is 0 Å². The van der Waals surface area contributed by atoms with Crippen LogP contribution in [0.2, 0.25) is 4.34 Å². The zero-order chi connectivity index (χ0) is 20.4. The zero-order valence-corrected chi connectivity index (χ0v) is 18.9. The predicted molar refractivity (Wildman–Crippen MR) is 120 cm³/mol. The highest BCUT2D eigenvalue weighted by molar-refractivity contribution is 7.16. The number of amides is 1. The molecule has 8 heteroatoms. The van der Waals surface area contributed by atoms with Crippen LogP contribution >= 0.6 is 34.3 Å². The highest BCUT2D eigenvalue weighted by atomic mass is 35.5. The fourth-order valence-electron chi connectivity index (χ4n) is 4.09. The summed E-state index contributed by atoms with van der Waals surface area (Å²) in [5.41, 5.74) is 1.85. The van der Waals surface area contributed by atoms with Crippen molar-refractivity contribution >= 4 is 45.2 Å². The molecule has 1 amide bonds.